The second-order valence-electron chi connectivity index (χ2n) is 6.18. The molecule has 1 aromatic carbocycles. The Bertz CT molecular complexity index is 609. The van der Waals surface area contributed by atoms with E-state index < -0.39 is 6.04 Å². The Hall–Kier alpha value is -1.15. The molecule has 1 unspecified atom stereocenters. The number of hydrogen-bond donors (Lipinski definition) is 2. The first-order chi connectivity index (χ1) is 11.4. The van der Waals surface area contributed by atoms with E-state index in [0.717, 1.165) is 28.6 Å². The maximum atomic E-state index is 12.4. The molecule has 1 heterocycles. The molecule has 1 aromatic rings. The van der Waals surface area contributed by atoms with Crippen molar-refractivity contribution < 1.29 is 14.3 Å². The van der Waals surface area contributed by atoms with Gasteiger partial charge in [0.2, 0.25) is 11.8 Å². The lowest BCUT2D eigenvalue weighted by molar-refractivity contribution is -0.136. The molecule has 25 heavy (non-hydrogen) atoms. The minimum Gasteiger partial charge on any atom is -0.381 e. The summed E-state index contributed by atoms with van der Waals surface area (Å²) in [7, 11) is 1.61. The van der Waals surface area contributed by atoms with Crippen LogP contribution in [0.4, 0.5) is 5.69 Å². The predicted octanol–water partition coefficient (Wildman–Crippen LogP) is 2.33. The highest BCUT2D eigenvalue weighted by atomic mass is 79.9. The summed E-state index contributed by atoms with van der Waals surface area (Å²) < 4.78 is 6.24. The Labute approximate surface area is 163 Å². The van der Waals surface area contributed by atoms with E-state index in [1.165, 1.54) is 4.90 Å². The number of aryl methyl sites for hydroxylation is 1. The number of carbonyl (C=O) groups is 2. The van der Waals surface area contributed by atoms with Crippen molar-refractivity contribution in [2.24, 2.45) is 11.7 Å². The van der Waals surface area contributed by atoms with E-state index in [1.807, 2.05) is 25.1 Å². The van der Waals surface area contributed by atoms with E-state index in [-0.39, 0.29) is 36.7 Å². The van der Waals surface area contributed by atoms with Gasteiger partial charge in [-0.05, 0) is 49.4 Å². The average molecular weight is 435 g/mol. The molecule has 0 bridgehead atoms. The second kappa shape index (κ2) is 10.1. The maximum Gasteiger partial charge on any atom is 0.243 e. The van der Waals surface area contributed by atoms with Crippen molar-refractivity contribution in [3.8, 4) is 0 Å². The van der Waals surface area contributed by atoms with Gasteiger partial charge in [-0.25, -0.2) is 0 Å². The van der Waals surface area contributed by atoms with E-state index in [0.29, 0.717) is 13.2 Å². The number of benzene rings is 1. The summed E-state index contributed by atoms with van der Waals surface area (Å²) in [6.07, 6.45) is 1.57. The number of nitrogens with zero attached hydrogens (tertiary/aromatic N) is 1. The van der Waals surface area contributed by atoms with Crippen molar-refractivity contribution in [2.75, 3.05) is 32.1 Å². The highest BCUT2D eigenvalue weighted by Gasteiger charge is 2.29. The molecule has 6 nitrogen and oxygen atoms in total. The largest absolute Gasteiger partial charge is 0.381 e. The molecule has 1 saturated heterocycles. The zero-order valence-corrected chi connectivity index (χ0v) is 16.9. The number of likely N-dealkylation sites (N-methyl/N-ethyl adjacent to an activating group) is 1. The molecule has 1 atom stereocenters. The van der Waals surface area contributed by atoms with Crippen molar-refractivity contribution in [1.82, 2.24) is 4.90 Å². The standard InChI is InChI=1S/C17H24BrN3O3.ClH/c1-11-9-13(18)3-4-14(11)20-15(22)10-21(2)17(23)16(19)12-5-7-24-8-6-12;/h3-4,9,12,16H,5-8,10,19H2,1-2H3,(H,20,22);1H. The average Bonchev–Trinajstić information content (AvgIpc) is 2.56. The second-order valence-corrected chi connectivity index (χ2v) is 7.09. The fraction of sp³-hybridized carbons (Fsp3) is 0.529. The molecule has 8 heteroatoms. The normalized spacial score (nSPS) is 15.8. The van der Waals surface area contributed by atoms with Crippen LogP contribution in [-0.2, 0) is 14.3 Å². The molecule has 1 fully saturated rings. The minimum absolute atomic E-state index is 0. The number of rotatable bonds is 5. The molecule has 0 radical (unpaired) electrons. The van der Waals surface area contributed by atoms with Crippen molar-refractivity contribution in [3.05, 3.63) is 28.2 Å². The van der Waals surface area contributed by atoms with Gasteiger partial charge >= 0.3 is 0 Å². The molecule has 1 aliphatic rings. The molecule has 1 aliphatic heterocycles. The van der Waals surface area contributed by atoms with Gasteiger partial charge in [0.1, 0.15) is 0 Å². The van der Waals surface area contributed by atoms with Gasteiger partial charge in [0.15, 0.2) is 0 Å². The van der Waals surface area contributed by atoms with E-state index in [4.69, 9.17) is 10.5 Å². The highest BCUT2D eigenvalue weighted by molar-refractivity contribution is 9.10. The summed E-state index contributed by atoms with van der Waals surface area (Å²) in [5.41, 5.74) is 7.76. The Morgan fingerprint density at radius 1 is 1.40 bits per heavy atom. The molecular formula is C17H25BrClN3O3. The van der Waals surface area contributed by atoms with Crippen LogP contribution in [0.3, 0.4) is 0 Å². The van der Waals surface area contributed by atoms with Crippen LogP contribution in [0.5, 0.6) is 0 Å². The Balaban J connectivity index is 0.00000312. The third-order valence-corrected chi connectivity index (χ3v) is 4.77. The van der Waals surface area contributed by atoms with Crippen LogP contribution in [0.25, 0.3) is 0 Å². The summed E-state index contributed by atoms with van der Waals surface area (Å²) in [6, 6.07) is 5.03. The van der Waals surface area contributed by atoms with Gasteiger partial charge in [-0.3, -0.25) is 9.59 Å². The van der Waals surface area contributed by atoms with Crippen molar-refractivity contribution in [1.29, 1.82) is 0 Å². The first-order valence-electron chi connectivity index (χ1n) is 8.03. The molecule has 0 spiro atoms. The zero-order chi connectivity index (χ0) is 17.7. The van der Waals surface area contributed by atoms with Crippen LogP contribution in [-0.4, -0.2) is 49.6 Å². The fourth-order valence-electron chi connectivity index (χ4n) is 2.78. The molecule has 0 saturated carbocycles. The molecule has 140 valence electrons. The molecule has 2 rings (SSSR count). The third-order valence-electron chi connectivity index (χ3n) is 4.28. The van der Waals surface area contributed by atoms with Crippen molar-refractivity contribution >= 4 is 45.8 Å². The smallest absolute Gasteiger partial charge is 0.243 e. The number of amides is 2. The van der Waals surface area contributed by atoms with Crippen molar-refractivity contribution in [2.45, 2.75) is 25.8 Å². The topological polar surface area (TPSA) is 84.7 Å². The lowest BCUT2D eigenvalue weighted by Gasteiger charge is -2.29. The third kappa shape index (κ3) is 6.26. The van der Waals surface area contributed by atoms with E-state index in [2.05, 4.69) is 21.2 Å². The number of hydrogen-bond acceptors (Lipinski definition) is 4. The monoisotopic (exact) mass is 433 g/mol. The minimum atomic E-state index is -0.582. The summed E-state index contributed by atoms with van der Waals surface area (Å²) >= 11 is 3.39. The van der Waals surface area contributed by atoms with Crippen LogP contribution in [0, 0.1) is 12.8 Å². The van der Waals surface area contributed by atoms with E-state index in [9.17, 15) is 9.59 Å². The molecule has 0 aromatic heterocycles. The van der Waals surface area contributed by atoms with Crippen molar-refractivity contribution in [3.63, 3.8) is 0 Å². The predicted molar refractivity (Wildman–Crippen MR) is 104 cm³/mol. The zero-order valence-electron chi connectivity index (χ0n) is 14.5. The Morgan fingerprint density at radius 3 is 2.64 bits per heavy atom. The van der Waals surface area contributed by atoms with Gasteiger partial charge in [0.25, 0.3) is 0 Å². The SMILES string of the molecule is Cc1cc(Br)ccc1NC(=O)CN(C)C(=O)C(N)C1CCOCC1.Cl. The molecule has 3 N–H and O–H groups in total. The van der Waals surface area contributed by atoms with Gasteiger partial charge in [-0.2, -0.15) is 0 Å². The molecule has 2 amide bonds. The van der Waals surface area contributed by atoms with E-state index in [1.54, 1.807) is 7.05 Å². The number of nitrogens with two attached hydrogens (primary N) is 1. The fourth-order valence-corrected chi connectivity index (χ4v) is 3.26. The molecule has 0 aliphatic carbocycles. The van der Waals surface area contributed by atoms with Crippen LogP contribution < -0.4 is 11.1 Å². The van der Waals surface area contributed by atoms with Gasteiger partial charge in [-0.15, -0.1) is 12.4 Å². The lowest BCUT2D eigenvalue weighted by Crippen LogP contribution is -2.49. The van der Waals surface area contributed by atoms with Crippen LogP contribution >= 0.6 is 28.3 Å². The summed E-state index contributed by atoms with van der Waals surface area (Å²) in [5, 5.41) is 2.83. The van der Waals surface area contributed by atoms with Gasteiger partial charge in [0.05, 0.1) is 12.6 Å². The number of anilines is 1. The van der Waals surface area contributed by atoms with Crippen LogP contribution in [0.2, 0.25) is 0 Å². The maximum absolute atomic E-state index is 12.4. The first-order valence-corrected chi connectivity index (χ1v) is 8.82. The van der Waals surface area contributed by atoms with Gasteiger partial charge in [-0.1, -0.05) is 15.9 Å². The number of halogens is 2. The summed E-state index contributed by atoms with van der Waals surface area (Å²) in [6.45, 7) is 3.17. The van der Waals surface area contributed by atoms with E-state index >= 15 is 0 Å². The van der Waals surface area contributed by atoms with Crippen LogP contribution in [0.15, 0.2) is 22.7 Å². The number of nitrogens with one attached hydrogen (secondary N) is 1. The number of carbonyl (C=O) groups excluding carboxylic acids is 2. The van der Waals surface area contributed by atoms with Crippen LogP contribution in [0.1, 0.15) is 18.4 Å². The van der Waals surface area contributed by atoms with Gasteiger partial charge < -0.3 is 20.7 Å². The Morgan fingerprint density at radius 2 is 2.04 bits per heavy atom. The Kier molecular flexibility index (Phi) is 8.85. The lowest BCUT2D eigenvalue weighted by atomic mass is 9.91. The quantitative estimate of drug-likeness (QED) is 0.745. The number of ether oxygens (including phenoxy) is 1. The summed E-state index contributed by atoms with van der Waals surface area (Å²) in [4.78, 5) is 26.0. The first kappa shape index (κ1) is 21.9. The summed E-state index contributed by atoms with van der Waals surface area (Å²) in [5.74, 6) is -0.328. The molecular weight excluding hydrogens is 410 g/mol. The highest BCUT2D eigenvalue weighted by Crippen LogP contribution is 2.20. The van der Waals surface area contributed by atoms with Gasteiger partial charge in [0, 0.05) is 30.4 Å².